The maximum Gasteiger partial charge on any atom is 0.262 e. The Balaban J connectivity index is 1.55. The van der Waals surface area contributed by atoms with Gasteiger partial charge >= 0.3 is 0 Å². The third-order valence-electron chi connectivity index (χ3n) is 4.46. The van der Waals surface area contributed by atoms with Crippen LogP contribution in [0.5, 0.6) is 17.2 Å². The van der Waals surface area contributed by atoms with Crippen LogP contribution in [0, 0.1) is 0 Å². The van der Waals surface area contributed by atoms with Crippen LogP contribution in [0.2, 0.25) is 0 Å². The van der Waals surface area contributed by atoms with E-state index in [4.69, 9.17) is 9.47 Å². The molecule has 8 heteroatoms. The maximum atomic E-state index is 12.4. The van der Waals surface area contributed by atoms with Gasteiger partial charge in [-0.1, -0.05) is 43.7 Å². The van der Waals surface area contributed by atoms with E-state index in [1.807, 2.05) is 43.3 Å². The molecule has 0 heterocycles. The average molecular weight is 455 g/mol. The standard InChI is InChI=1S/C24H26N2O5S/c1-2-3-17-25-32(28,29)21-15-13-19(14-16-21)30-18-24(27)26-22-11-7-8-12-23(22)31-20-9-5-4-6-10-20/h4-16,25H,2-3,17-18H2,1H3,(H,26,27). The van der Waals surface area contributed by atoms with Crippen LogP contribution in [0.3, 0.4) is 0 Å². The number of amides is 1. The number of benzene rings is 3. The van der Waals surface area contributed by atoms with Crippen LogP contribution in [0.4, 0.5) is 5.69 Å². The Hall–Kier alpha value is -3.36. The second-order valence-corrected chi connectivity index (χ2v) is 8.74. The molecule has 1 amide bonds. The third-order valence-corrected chi connectivity index (χ3v) is 5.94. The van der Waals surface area contributed by atoms with E-state index in [1.54, 1.807) is 18.2 Å². The lowest BCUT2D eigenvalue weighted by atomic mass is 10.3. The van der Waals surface area contributed by atoms with Crippen LogP contribution in [0.1, 0.15) is 19.8 Å². The molecule has 0 aliphatic rings. The van der Waals surface area contributed by atoms with Crippen LogP contribution in [-0.2, 0) is 14.8 Å². The molecule has 0 saturated carbocycles. The van der Waals surface area contributed by atoms with E-state index in [1.165, 1.54) is 24.3 Å². The van der Waals surface area contributed by atoms with Gasteiger partial charge < -0.3 is 14.8 Å². The molecule has 0 spiro atoms. The number of para-hydroxylation sites is 3. The smallest absolute Gasteiger partial charge is 0.262 e. The number of sulfonamides is 1. The monoisotopic (exact) mass is 454 g/mol. The molecular formula is C24H26N2O5S. The number of hydrogen-bond acceptors (Lipinski definition) is 5. The highest BCUT2D eigenvalue weighted by Crippen LogP contribution is 2.29. The van der Waals surface area contributed by atoms with Crippen molar-refractivity contribution in [3.63, 3.8) is 0 Å². The summed E-state index contributed by atoms with van der Waals surface area (Å²) in [5.41, 5.74) is 0.518. The summed E-state index contributed by atoms with van der Waals surface area (Å²) in [6.45, 7) is 2.15. The molecule has 0 aromatic heterocycles. The number of carbonyl (C=O) groups excluding carboxylic acids is 1. The van der Waals surface area contributed by atoms with Gasteiger partial charge in [-0.05, 0) is 55.0 Å². The van der Waals surface area contributed by atoms with Crippen molar-refractivity contribution in [3.05, 3.63) is 78.9 Å². The van der Waals surface area contributed by atoms with Crippen molar-refractivity contribution in [1.29, 1.82) is 0 Å². The van der Waals surface area contributed by atoms with Crippen molar-refractivity contribution < 1.29 is 22.7 Å². The summed E-state index contributed by atoms with van der Waals surface area (Å²) in [5, 5.41) is 2.77. The van der Waals surface area contributed by atoms with E-state index in [9.17, 15) is 13.2 Å². The molecule has 3 aromatic rings. The molecule has 7 nitrogen and oxygen atoms in total. The predicted molar refractivity (Wildman–Crippen MR) is 124 cm³/mol. The Morgan fingerprint density at radius 2 is 1.56 bits per heavy atom. The summed E-state index contributed by atoms with van der Waals surface area (Å²) in [6, 6.07) is 22.3. The van der Waals surface area contributed by atoms with Gasteiger partial charge in [0, 0.05) is 6.54 Å². The molecule has 3 aromatic carbocycles. The molecule has 0 unspecified atom stereocenters. The molecule has 32 heavy (non-hydrogen) atoms. The van der Waals surface area contributed by atoms with Gasteiger partial charge in [0.15, 0.2) is 12.4 Å². The van der Waals surface area contributed by atoms with E-state index in [0.29, 0.717) is 29.5 Å². The third kappa shape index (κ3) is 6.83. The number of nitrogens with one attached hydrogen (secondary N) is 2. The second kappa shape index (κ2) is 11.3. The minimum Gasteiger partial charge on any atom is -0.484 e. The topological polar surface area (TPSA) is 93.7 Å². The van der Waals surface area contributed by atoms with Gasteiger partial charge in [0.2, 0.25) is 10.0 Å². The molecule has 0 aliphatic carbocycles. The first-order chi connectivity index (χ1) is 15.5. The summed E-state index contributed by atoms with van der Waals surface area (Å²) in [7, 11) is -3.55. The van der Waals surface area contributed by atoms with Crippen LogP contribution in [0.15, 0.2) is 83.8 Å². The highest BCUT2D eigenvalue weighted by atomic mass is 32.2. The molecule has 2 N–H and O–H groups in total. The SMILES string of the molecule is CCCCNS(=O)(=O)c1ccc(OCC(=O)Nc2ccccc2Oc2ccccc2)cc1. The summed E-state index contributed by atoms with van der Waals surface area (Å²) < 4.78 is 38.3. The lowest BCUT2D eigenvalue weighted by Gasteiger charge is -2.13. The van der Waals surface area contributed by atoms with Crippen molar-refractivity contribution in [2.45, 2.75) is 24.7 Å². The number of ether oxygens (including phenoxy) is 2. The minimum atomic E-state index is -3.55. The van der Waals surface area contributed by atoms with Crippen molar-refractivity contribution >= 4 is 21.6 Å². The first-order valence-electron chi connectivity index (χ1n) is 10.3. The molecule has 168 valence electrons. The number of hydrogen-bond donors (Lipinski definition) is 2. The molecule has 0 bridgehead atoms. The summed E-state index contributed by atoms with van der Waals surface area (Å²) >= 11 is 0. The van der Waals surface area contributed by atoms with Crippen molar-refractivity contribution in [2.24, 2.45) is 0 Å². The molecule has 3 rings (SSSR count). The maximum absolute atomic E-state index is 12.4. The lowest BCUT2D eigenvalue weighted by molar-refractivity contribution is -0.118. The van der Waals surface area contributed by atoms with Gasteiger partial charge in [-0.15, -0.1) is 0 Å². The van der Waals surface area contributed by atoms with E-state index in [-0.39, 0.29) is 17.4 Å². The second-order valence-electron chi connectivity index (χ2n) is 6.97. The average Bonchev–Trinajstić information content (AvgIpc) is 2.80. The number of unbranched alkanes of at least 4 members (excludes halogenated alkanes) is 1. The molecule has 0 fully saturated rings. The largest absolute Gasteiger partial charge is 0.484 e. The first kappa shape index (κ1) is 23.3. The van der Waals surface area contributed by atoms with Gasteiger partial charge in [-0.25, -0.2) is 13.1 Å². The number of carbonyl (C=O) groups is 1. The molecule has 0 radical (unpaired) electrons. The van der Waals surface area contributed by atoms with Crippen LogP contribution in [-0.4, -0.2) is 27.5 Å². The first-order valence-corrected chi connectivity index (χ1v) is 11.8. The van der Waals surface area contributed by atoms with Crippen LogP contribution >= 0.6 is 0 Å². The van der Waals surface area contributed by atoms with Crippen molar-refractivity contribution in [1.82, 2.24) is 4.72 Å². The Morgan fingerprint density at radius 1 is 0.875 bits per heavy atom. The van der Waals surface area contributed by atoms with E-state index >= 15 is 0 Å². The molecule has 0 saturated heterocycles. The molecular weight excluding hydrogens is 428 g/mol. The fraction of sp³-hybridized carbons (Fsp3) is 0.208. The van der Waals surface area contributed by atoms with Gasteiger partial charge in [0.05, 0.1) is 10.6 Å². The predicted octanol–water partition coefficient (Wildman–Crippen LogP) is 4.57. The van der Waals surface area contributed by atoms with Gasteiger partial charge in [-0.2, -0.15) is 0 Å². The van der Waals surface area contributed by atoms with Gasteiger partial charge in [0.25, 0.3) is 5.91 Å². The van der Waals surface area contributed by atoms with E-state index in [0.717, 1.165) is 12.8 Å². The van der Waals surface area contributed by atoms with Gasteiger partial charge in [-0.3, -0.25) is 4.79 Å². The zero-order chi connectivity index (χ0) is 22.8. The quantitative estimate of drug-likeness (QED) is 0.414. The van der Waals surface area contributed by atoms with Crippen molar-refractivity contribution in [2.75, 3.05) is 18.5 Å². The fourth-order valence-corrected chi connectivity index (χ4v) is 3.87. The van der Waals surface area contributed by atoms with Gasteiger partial charge in [0.1, 0.15) is 11.5 Å². The highest BCUT2D eigenvalue weighted by molar-refractivity contribution is 7.89. The lowest BCUT2D eigenvalue weighted by Crippen LogP contribution is -2.24. The molecule has 0 atom stereocenters. The van der Waals surface area contributed by atoms with Crippen molar-refractivity contribution in [3.8, 4) is 17.2 Å². The zero-order valence-electron chi connectivity index (χ0n) is 17.8. The van der Waals surface area contributed by atoms with Crippen LogP contribution < -0.4 is 19.5 Å². The number of anilines is 1. The zero-order valence-corrected chi connectivity index (χ0v) is 18.6. The fourth-order valence-electron chi connectivity index (χ4n) is 2.79. The highest BCUT2D eigenvalue weighted by Gasteiger charge is 2.14. The normalized spacial score (nSPS) is 11.0. The molecule has 0 aliphatic heterocycles. The summed E-state index contributed by atoms with van der Waals surface area (Å²) in [5.74, 6) is 1.19. The Labute approximate surface area is 188 Å². The van der Waals surface area contributed by atoms with Crippen LogP contribution in [0.25, 0.3) is 0 Å². The summed E-state index contributed by atoms with van der Waals surface area (Å²) in [6.07, 6.45) is 1.68. The Kier molecular flexibility index (Phi) is 8.24. The minimum absolute atomic E-state index is 0.150. The summed E-state index contributed by atoms with van der Waals surface area (Å²) in [4.78, 5) is 12.5. The number of rotatable bonds is 11. The van der Waals surface area contributed by atoms with E-state index in [2.05, 4.69) is 10.0 Å². The van der Waals surface area contributed by atoms with E-state index < -0.39 is 10.0 Å². The Bertz CT molecular complexity index is 1120. The Morgan fingerprint density at radius 3 is 2.28 bits per heavy atom.